The van der Waals surface area contributed by atoms with E-state index in [1.165, 1.54) is 4.90 Å². The number of aryl methyl sites for hydroxylation is 1. The normalized spacial score (nSPS) is 15.1. The largest absolute Gasteiger partial charge is 0.466 e. The number of aromatic nitrogens is 1. The molecule has 0 bridgehead atoms. The summed E-state index contributed by atoms with van der Waals surface area (Å²) in [5.41, 5.74) is 0.943. The SMILES string of the molecule is CCOC(=O)C1CCN(C(=O)C(=O)Nc2cc(C)ccn2)CC1. The average molecular weight is 319 g/mol. The molecular weight excluding hydrogens is 298 g/mol. The van der Waals surface area contributed by atoms with Crippen molar-refractivity contribution in [2.24, 2.45) is 5.92 Å². The molecular formula is C16H21N3O4. The summed E-state index contributed by atoms with van der Waals surface area (Å²) in [6.07, 6.45) is 2.60. The Hall–Kier alpha value is -2.44. The predicted molar refractivity (Wildman–Crippen MR) is 83.5 cm³/mol. The quantitative estimate of drug-likeness (QED) is 0.666. The van der Waals surface area contributed by atoms with Crippen molar-refractivity contribution in [1.29, 1.82) is 0 Å². The minimum Gasteiger partial charge on any atom is -0.466 e. The van der Waals surface area contributed by atoms with Crippen LogP contribution < -0.4 is 5.32 Å². The average Bonchev–Trinajstić information content (AvgIpc) is 2.54. The summed E-state index contributed by atoms with van der Waals surface area (Å²) in [5, 5.41) is 2.50. The number of ether oxygens (including phenoxy) is 1. The number of pyridine rings is 1. The van der Waals surface area contributed by atoms with Crippen molar-refractivity contribution in [3.8, 4) is 0 Å². The lowest BCUT2D eigenvalue weighted by molar-refractivity contribution is -0.152. The number of hydrogen-bond donors (Lipinski definition) is 1. The van der Waals surface area contributed by atoms with Crippen LogP contribution in [0, 0.1) is 12.8 Å². The van der Waals surface area contributed by atoms with Gasteiger partial charge in [-0.05, 0) is 44.4 Å². The maximum Gasteiger partial charge on any atom is 0.315 e. The van der Waals surface area contributed by atoms with E-state index in [2.05, 4.69) is 10.3 Å². The van der Waals surface area contributed by atoms with Crippen LogP contribution in [0.4, 0.5) is 5.82 Å². The molecule has 124 valence electrons. The molecule has 7 nitrogen and oxygen atoms in total. The highest BCUT2D eigenvalue weighted by atomic mass is 16.5. The van der Waals surface area contributed by atoms with E-state index in [9.17, 15) is 14.4 Å². The topological polar surface area (TPSA) is 88.6 Å². The Bertz CT molecular complexity index is 595. The summed E-state index contributed by atoms with van der Waals surface area (Å²) in [7, 11) is 0. The van der Waals surface area contributed by atoms with Crippen LogP contribution >= 0.6 is 0 Å². The molecule has 0 aliphatic carbocycles. The summed E-state index contributed by atoms with van der Waals surface area (Å²) in [5.74, 6) is -1.38. The van der Waals surface area contributed by atoms with Crippen molar-refractivity contribution in [2.75, 3.05) is 25.0 Å². The molecule has 1 aliphatic rings. The molecule has 7 heteroatoms. The first-order valence-corrected chi connectivity index (χ1v) is 7.70. The van der Waals surface area contributed by atoms with Gasteiger partial charge in [0.05, 0.1) is 12.5 Å². The third kappa shape index (κ3) is 4.51. The van der Waals surface area contributed by atoms with Gasteiger partial charge in [-0.25, -0.2) is 4.98 Å². The lowest BCUT2D eigenvalue weighted by Gasteiger charge is -2.30. The highest BCUT2D eigenvalue weighted by Crippen LogP contribution is 2.19. The molecule has 1 aromatic rings. The summed E-state index contributed by atoms with van der Waals surface area (Å²) < 4.78 is 4.98. The smallest absolute Gasteiger partial charge is 0.315 e. The zero-order valence-electron chi connectivity index (χ0n) is 13.4. The number of rotatable bonds is 3. The second-order valence-corrected chi connectivity index (χ2v) is 5.49. The van der Waals surface area contributed by atoms with Gasteiger partial charge in [-0.1, -0.05) is 0 Å². The van der Waals surface area contributed by atoms with E-state index in [-0.39, 0.29) is 11.9 Å². The van der Waals surface area contributed by atoms with Crippen LogP contribution in [-0.4, -0.2) is 47.4 Å². The van der Waals surface area contributed by atoms with Gasteiger partial charge in [0.15, 0.2) is 0 Å². The molecule has 0 unspecified atom stereocenters. The van der Waals surface area contributed by atoms with E-state index >= 15 is 0 Å². The van der Waals surface area contributed by atoms with Crippen molar-refractivity contribution in [3.05, 3.63) is 23.9 Å². The van der Waals surface area contributed by atoms with Crippen LogP contribution in [0.5, 0.6) is 0 Å². The molecule has 0 saturated carbocycles. The lowest BCUT2D eigenvalue weighted by Crippen LogP contribution is -2.45. The third-order valence-electron chi connectivity index (χ3n) is 3.75. The molecule has 1 fully saturated rings. The fourth-order valence-corrected chi connectivity index (χ4v) is 2.50. The summed E-state index contributed by atoms with van der Waals surface area (Å²) in [4.78, 5) is 41.3. The first kappa shape index (κ1) is 16.9. The number of likely N-dealkylation sites (tertiary alicyclic amines) is 1. The first-order chi connectivity index (χ1) is 11.0. The number of hydrogen-bond acceptors (Lipinski definition) is 5. The van der Waals surface area contributed by atoms with Crippen molar-refractivity contribution in [3.63, 3.8) is 0 Å². The summed E-state index contributed by atoms with van der Waals surface area (Å²) >= 11 is 0. The monoisotopic (exact) mass is 319 g/mol. The highest BCUT2D eigenvalue weighted by Gasteiger charge is 2.30. The number of anilines is 1. The minimum absolute atomic E-state index is 0.194. The van der Waals surface area contributed by atoms with Gasteiger partial charge in [0.25, 0.3) is 0 Å². The number of esters is 1. The van der Waals surface area contributed by atoms with E-state index in [0.717, 1.165) is 5.56 Å². The van der Waals surface area contributed by atoms with Crippen molar-refractivity contribution >= 4 is 23.6 Å². The number of carbonyl (C=O) groups excluding carboxylic acids is 3. The molecule has 1 aromatic heterocycles. The molecule has 0 radical (unpaired) electrons. The maximum absolute atomic E-state index is 12.2. The van der Waals surface area contributed by atoms with Gasteiger partial charge in [-0.3, -0.25) is 14.4 Å². The second-order valence-electron chi connectivity index (χ2n) is 5.49. The number of nitrogens with zero attached hydrogens (tertiary/aromatic N) is 2. The Kier molecular flexibility index (Phi) is 5.67. The van der Waals surface area contributed by atoms with Gasteiger partial charge in [-0.15, -0.1) is 0 Å². The van der Waals surface area contributed by atoms with Gasteiger partial charge in [0.2, 0.25) is 0 Å². The standard InChI is InChI=1S/C16H21N3O4/c1-3-23-16(22)12-5-8-19(9-6-12)15(21)14(20)18-13-10-11(2)4-7-17-13/h4,7,10,12H,3,5-6,8-9H2,1-2H3,(H,17,18,20). The molecule has 2 heterocycles. The van der Waals surface area contributed by atoms with Crippen LogP contribution in [-0.2, 0) is 19.1 Å². The van der Waals surface area contributed by atoms with Gasteiger partial charge in [-0.2, -0.15) is 0 Å². The fraction of sp³-hybridized carbons (Fsp3) is 0.500. The Morgan fingerprint density at radius 3 is 2.65 bits per heavy atom. The van der Waals surface area contributed by atoms with Crippen LogP contribution in [0.25, 0.3) is 0 Å². The number of amides is 2. The Morgan fingerprint density at radius 2 is 2.04 bits per heavy atom. The Balaban J connectivity index is 1.87. The van der Waals surface area contributed by atoms with E-state index in [0.29, 0.717) is 38.4 Å². The van der Waals surface area contributed by atoms with Crippen LogP contribution in [0.2, 0.25) is 0 Å². The van der Waals surface area contributed by atoms with E-state index in [1.807, 2.05) is 6.92 Å². The number of nitrogens with one attached hydrogen (secondary N) is 1. The highest BCUT2D eigenvalue weighted by molar-refractivity contribution is 6.39. The number of piperidine rings is 1. The molecule has 2 rings (SSSR count). The summed E-state index contributed by atoms with van der Waals surface area (Å²) in [6, 6.07) is 3.50. The zero-order chi connectivity index (χ0) is 16.8. The fourth-order valence-electron chi connectivity index (χ4n) is 2.50. The molecule has 0 atom stereocenters. The van der Waals surface area contributed by atoms with E-state index < -0.39 is 11.8 Å². The predicted octanol–water partition coefficient (Wildman–Crippen LogP) is 1.13. The zero-order valence-corrected chi connectivity index (χ0v) is 13.4. The Labute approximate surface area is 135 Å². The molecule has 0 spiro atoms. The third-order valence-corrected chi connectivity index (χ3v) is 3.75. The molecule has 2 amide bonds. The van der Waals surface area contributed by atoms with E-state index in [1.54, 1.807) is 25.3 Å². The molecule has 0 aromatic carbocycles. The molecule has 1 aliphatic heterocycles. The van der Waals surface area contributed by atoms with Gasteiger partial charge < -0.3 is 15.0 Å². The van der Waals surface area contributed by atoms with Crippen LogP contribution in [0.3, 0.4) is 0 Å². The van der Waals surface area contributed by atoms with E-state index in [4.69, 9.17) is 4.74 Å². The number of carbonyl (C=O) groups is 3. The molecule has 1 N–H and O–H groups in total. The van der Waals surface area contributed by atoms with Gasteiger partial charge in [0, 0.05) is 19.3 Å². The van der Waals surface area contributed by atoms with Crippen molar-refractivity contribution < 1.29 is 19.1 Å². The van der Waals surface area contributed by atoms with Gasteiger partial charge in [0.1, 0.15) is 5.82 Å². The van der Waals surface area contributed by atoms with Crippen LogP contribution in [0.15, 0.2) is 18.3 Å². The first-order valence-electron chi connectivity index (χ1n) is 7.70. The lowest BCUT2D eigenvalue weighted by atomic mass is 9.97. The minimum atomic E-state index is -0.710. The van der Waals surface area contributed by atoms with Crippen molar-refractivity contribution in [2.45, 2.75) is 26.7 Å². The second kappa shape index (κ2) is 7.71. The maximum atomic E-state index is 12.2. The van der Waals surface area contributed by atoms with Crippen LogP contribution in [0.1, 0.15) is 25.3 Å². The Morgan fingerprint density at radius 1 is 1.35 bits per heavy atom. The molecule has 23 heavy (non-hydrogen) atoms. The van der Waals surface area contributed by atoms with Gasteiger partial charge >= 0.3 is 17.8 Å². The summed E-state index contributed by atoms with van der Waals surface area (Å²) in [6.45, 7) is 4.73. The van der Waals surface area contributed by atoms with Crippen molar-refractivity contribution in [1.82, 2.24) is 9.88 Å². The molecule has 1 saturated heterocycles.